The van der Waals surface area contributed by atoms with Crippen LogP contribution in [0.2, 0.25) is 0 Å². The summed E-state index contributed by atoms with van der Waals surface area (Å²) in [5.74, 6) is -0.597. The number of hydrogen-bond acceptors (Lipinski definition) is 3. The van der Waals surface area contributed by atoms with E-state index in [0.29, 0.717) is 33.1 Å². The molecule has 0 saturated carbocycles. The Balaban J connectivity index is 1.53. The number of pyridine rings is 1. The molecule has 6 nitrogen and oxygen atoms in total. The van der Waals surface area contributed by atoms with Crippen LogP contribution in [-0.2, 0) is 0 Å². The molecule has 5 aromatic rings. The van der Waals surface area contributed by atoms with Gasteiger partial charge in [0.25, 0.3) is 11.5 Å². The lowest BCUT2D eigenvalue weighted by Gasteiger charge is -2.14. The van der Waals surface area contributed by atoms with Crippen LogP contribution in [0.25, 0.3) is 27.5 Å². The topological polar surface area (TPSA) is 79.8 Å². The van der Waals surface area contributed by atoms with Crippen LogP contribution < -0.4 is 10.9 Å². The maximum absolute atomic E-state index is 13.2. The van der Waals surface area contributed by atoms with Gasteiger partial charge < -0.3 is 5.32 Å². The van der Waals surface area contributed by atoms with Crippen molar-refractivity contribution in [1.82, 2.24) is 20.1 Å². The normalized spacial score (nSPS) is 12.2. The van der Waals surface area contributed by atoms with Gasteiger partial charge in [-0.1, -0.05) is 30.3 Å². The van der Waals surface area contributed by atoms with E-state index in [-0.39, 0.29) is 23.3 Å². The van der Waals surface area contributed by atoms with Gasteiger partial charge >= 0.3 is 0 Å². The number of nitrogens with zero attached hydrogens (tertiary/aromatic N) is 2. The molecule has 0 fully saturated rings. The second-order valence-electron chi connectivity index (χ2n) is 7.61. The molecule has 0 aliphatic heterocycles. The Morgan fingerprint density at radius 2 is 1.78 bits per heavy atom. The summed E-state index contributed by atoms with van der Waals surface area (Å²) in [6.07, 6.45) is 1.55. The molecule has 158 valence electrons. The number of H-pyrrole nitrogens is 1. The number of halogens is 1. The summed E-state index contributed by atoms with van der Waals surface area (Å²) in [4.78, 5) is 30.2. The highest BCUT2D eigenvalue weighted by molar-refractivity contribution is 6.06. The number of aromatic nitrogens is 3. The molecular weight excluding hydrogens is 407 g/mol. The average Bonchev–Trinajstić information content (AvgIpc) is 3.16. The third-order valence-electron chi connectivity index (χ3n) is 5.52. The highest BCUT2D eigenvalue weighted by Crippen LogP contribution is 2.23. The number of fused-ring (bicyclic) bond motifs is 3. The van der Waals surface area contributed by atoms with Crippen LogP contribution in [0.3, 0.4) is 0 Å². The number of benzene rings is 3. The number of hydrogen-bond donors (Lipinski definition) is 2. The lowest BCUT2D eigenvalue weighted by molar-refractivity contribution is 0.0940. The molecule has 2 N–H and O–H groups in total. The van der Waals surface area contributed by atoms with Gasteiger partial charge in [-0.25, -0.2) is 9.07 Å². The maximum Gasteiger partial charge on any atom is 0.280 e. The number of aromatic amines is 1. The predicted molar refractivity (Wildman–Crippen MR) is 121 cm³/mol. The first kappa shape index (κ1) is 19.7. The van der Waals surface area contributed by atoms with Gasteiger partial charge in [-0.3, -0.25) is 19.7 Å². The van der Waals surface area contributed by atoms with Crippen molar-refractivity contribution < 1.29 is 9.18 Å². The Morgan fingerprint density at radius 3 is 2.53 bits per heavy atom. The van der Waals surface area contributed by atoms with Crippen LogP contribution in [0.5, 0.6) is 0 Å². The van der Waals surface area contributed by atoms with Gasteiger partial charge in [0.1, 0.15) is 5.82 Å². The summed E-state index contributed by atoms with van der Waals surface area (Å²) in [7, 11) is 0. The van der Waals surface area contributed by atoms with E-state index >= 15 is 0 Å². The van der Waals surface area contributed by atoms with Crippen molar-refractivity contribution in [3.8, 4) is 5.69 Å². The Hall–Kier alpha value is -4.26. The zero-order valence-electron chi connectivity index (χ0n) is 17.2. The summed E-state index contributed by atoms with van der Waals surface area (Å²) in [5.41, 5.74) is 3.03. The van der Waals surface area contributed by atoms with Gasteiger partial charge in [0.05, 0.1) is 28.1 Å². The first-order valence-electron chi connectivity index (χ1n) is 10.2. The second-order valence-corrected chi connectivity index (χ2v) is 7.61. The van der Waals surface area contributed by atoms with Gasteiger partial charge in [-0.2, -0.15) is 0 Å². The molecule has 0 bridgehead atoms. The van der Waals surface area contributed by atoms with Crippen molar-refractivity contribution in [2.75, 3.05) is 0 Å². The third kappa shape index (κ3) is 3.43. The van der Waals surface area contributed by atoms with Crippen LogP contribution >= 0.6 is 0 Å². The number of carbonyl (C=O) groups is 1. The second kappa shape index (κ2) is 7.77. The highest BCUT2D eigenvalue weighted by Gasteiger charge is 2.16. The van der Waals surface area contributed by atoms with E-state index in [9.17, 15) is 14.0 Å². The first-order valence-corrected chi connectivity index (χ1v) is 10.2. The number of para-hydroxylation sites is 1. The van der Waals surface area contributed by atoms with E-state index in [0.717, 1.165) is 5.56 Å². The SMILES string of the molecule is C[C@@H](NC(=O)c1ccc2ncc3c(=O)n(-c4ccccc4)[nH]c3c2c1)c1ccc(F)cc1. The van der Waals surface area contributed by atoms with Crippen molar-refractivity contribution in [1.29, 1.82) is 0 Å². The van der Waals surface area contributed by atoms with E-state index in [1.807, 2.05) is 37.3 Å². The molecule has 0 aliphatic carbocycles. The molecule has 7 heteroatoms. The maximum atomic E-state index is 13.2. The Morgan fingerprint density at radius 1 is 1.03 bits per heavy atom. The lowest BCUT2D eigenvalue weighted by atomic mass is 10.1. The van der Waals surface area contributed by atoms with Gasteiger partial charge in [0.15, 0.2) is 0 Å². The third-order valence-corrected chi connectivity index (χ3v) is 5.52. The molecule has 0 aliphatic rings. The minimum atomic E-state index is -0.324. The molecule has 1 amide bonds. The molecule has 32 heavy (non-hydrogen) atoms. The van der Waals surface area contributed by atoms with Crippen LogP contribution in [0.4, 0.5) is 4.39 Å². The largest absolute Gasteiger partial charge is 0.346 e. The van der Waals surface area contributed by atoms with E-state index in [4.69, 9.17) is 0 Å². The van der Waals surface area contributed by atoms with Crippen molar-refractivity contribution >= 4 is 27.7 Å². The lowest BCUT2D eigenvalue weighted by Crippen LogP contribution is -2.26. The zero-order valence-corrected chi connectivity index (χ0v) is 17.2. The van der Waals surface area contributed by atoms with Gasteiger partial charge in [0, 0.05) is 17.1 Å². The molecule has 3 aromatic carbocycles. The fourth-order valence-corrected chi connectivity index (χ4v) is 3.77. The molecule has 0 saturated heterocycles. The molecular formula is C25H19FN4O2. The van der Waals surface area contributed by atoms with Gasteiger partial charge in [-0.05, 0) is 55.0 Å². The molecule has 2 aromatic heterocycles. The molecule has 0 spiro atoms. The van der Waals surface area contributed by atoms with E-state index in [2.05, 4.69) is 15.4 Å². The van der Waals surface area contributed by atoms with Crippen molar-refractivity contribution in [3.05, 3.63) is 106 Å². The van der Waals surface area contributed by atoms with E-state index < -0.39 is 0 Å². The molecule has 1 atom stereocenters. The average molecular weight is 426 g/mol. The van der Waals surface area contributed by atoms with Crippen LogP contribution in [0, 0.1) is 5.82 Å². The monoisotopic (exact) mass is 426 g/mol. The Bertz CT molecular complexity index is 1500. The molecule has 5 rings (SSSR count). The minimum Gasteiger partial charge on any atom is -0.346 e. The fourth-order valence-electron chi connectivity index (χ4n) is 3.77. The molecule has 2 heterocycles. The highest BCUT2D eigenvalue weighted by atomic mass is 19.1. The predicted octanol–water partition coefficient (Wildman–Crippen LogP) is 4.50. The standard InChI is InChI=1S/C25H19FN4O2/c1-15(16-7-10-18(26)11-8-16)28-24(31)17-9-12-22-20(13-17)23-21(14-27-22)25(32)30(29-23)19-5-3-2-4-6-19/h2-15,29H,1H3,(H,28,31)/t15-/m1/s1. The number of rotatable bonds is 4. The summed E-state index contributed by atoms with van der Waals surface area (Å²) in [6.45, 7) is 1.84. The summed E-state index contributed by atoms with van der Waals surface area (Å²) < 4.78 is 14.6. The molecule has 0 radical (unpaired) electrons. The zero-order chi connectivity index (χ0) is 22.2. The summed E-state index contributed by atoms with van der Waals surface area (Å²) in [6, 6.07) is 20.2. The van der Waals surface area contributed by atoms with Crippen LogP contribution in [0.15, 0.2) is 83.8 Å². The van der Waals surface area contributed by atoms with Gasteiger partial charge in [0.2, 0.25) is 0 Å². The summed E-state index contributed by atoms with van der Waals surface area (Å²) in [5, 5.41) is 7.21. The van der Waals surface area contributed by atoms with Crippen molar-refractivity contribution in [2.24, 2.45) is 0 Å². The van der Waals surface area contributed by atoms with E-state index in [1.165, 1.54) is 16.8 Å². The summed E-state index contributed by atoms with van der Waals surface area (Å²) >= 11 is 0. The quantitative estimate of drug-likeness (QED) is 0.444. The minimum absolute atomic E-state index is 0.208. The van der Waals surface area contributed by atoms with E-state index in [1.54, 1.807) is 36.5 Å². The number of carbonyl (C=O) groups excluding carboxylic acids is 1. The molecule has 0 unspecified atom stereocenters. The first-order chi connectivity index (χ1) is 15.5. The van der Waals surface area contributed by atoms with Gasteiger partial charge in [-0.15, -0.1) is 0 Å². The Kier molecular flexibility index (Phi) is 4.78. The van der Waals surface area contributed by atoms with Crippen molar-refractivity contribution in [2.45, 2.75) is 13.0 Å². The number of nitrogens with one attached hydrogen (secondary N) is 2. The Labute approximate surface area is 182 Å². The van der Waals surface area contributed by atoms with Crippen LogP contribution in [0.1, 0.15) is 28.9 Å². The fraction of sp³-hybridized carbons (Fsp3) is 0.0800. The van der Waals surface area contributed by atoms with Crippen LogP contribution in [-0.4, -0.2) is 20.7 Å². The smallest absolute Gasteiger partial charge is 0.280 e. The number of amides is 1. The van der Waals surface area contributed by atoms with Crippen molar-refractivity contribution in [3.63, 3.8) is 0 Å².